The Morgan fingerprint density at radius 2 is 2.00 bits per heavy atom. The van der Waals surface area contributed by atoms with Crippen LogP contribution in [0.3, 0.4) is 0 Å². The van der Waals surface area contributed by atoms with Crippen molar-refractivity contribution in [2.24, 2.45) is 4.99 Å². The zero-order valence-corrected chi connectivity index (χ0v) is 19.6. The van der Waals surface area contributed by atoms with E-state index in [0.717, 1.165) is 24.0 Å². The molecule has 0 unspecified atom stereocenters. The van der Waals surface area contributed by atoms with Crippen LogP contribution in [0.5, 0.6) is 0 Å². The van der Waals surface area contributed by atoms with E-state index in [1.807, 2.05) is 19.9 Å². The van der Waals surface area contributed by atoms with E-state index in [0.29, 0.717) is 28.2 Å². The minimum absolute atomic E-state index is 0.142. The number of carbonyl (C=O) groups is 1. The lowest BCUT2D eigenvalue weighted by Crippen LogP contribution is -2.29. The molecule has 0 N–H and O–H groups in total. The second-order valence-corrected chi connectivity index (χ2v) is 8.31. The zero-order chi connectivity index (χ0) is 24.2. The van der Waals surface area contributed by atoms with Crippen molar-refractivity contribution in [1.29, 1.82) is 5.26 Å². The molecule has 0 fully saturated rings. The smallest absolute Gasteiger partial charge is 0.271 e. The van der Waals surface area contributed by atoms with Crippen LogP contribution in [0.15, 0.2) is 64.5 Å². The summed E-state index contributed by atoms with van der Waals surface area (Å²) in [5.74, 6) is -0.523. The Morgan fingerprint density at radius 1 is 1.24 bits per heavy atom. The van der Waals surface area contributed by atoms with Gasteiger partial charge in [0.15, 0.2) is 5.49 Å². The highest BCUT2D eigenvalue weighted by Crippen LogP contribution is 2.14. The lowest BCUT2D eigenvalue weighted by molar-refractivity contribution is -0.113. The first-order valence-electron chi connectivity index (χ1n) is 10.9. The zero-order valence-electron chi connectivity index (χ0n) is 18.8. The summed E-state index contributed by atoms with van der Waals surface area (Å²) in [5.41, 5.74) is 2.62. The lowest BCUT2D eigenvalue weighted by atomic mass is 10.2. The molecule has 0 atom stereocenters. The van der Waals surface area contributed by atoms with Crippen molar-refractivity contribution in [3.63, 3.8) is 0 Å². The number of nitrogens with zero attached hydrogens (tertiary/aromatic N) is 5. The summed E-state index contributed by atoms with van der Waals surface area (Å²) in [6.07, 6.45) is 6.27. The van der Waals surface area contributed by atoms with E-state index < -0.39 is 5.91 Å². The van der Waals surface area contributed by atoms with Crippen molar-refractivity contribution in [3.05, 3.63) is 92.3 Å². The highest BCUT2D eigenvalue weighted by atomic mass is 35.5. The molecule has 8 heteroatoms. The predicted octanol–water partition coefficient (Wildman–Crippen LogP) is 4.42. The van der Waals surface area contributed by atoms with Crippen LogP contribution in [0, 0.1) is 18.3 Å². The molecule has 34 heavy (non-hydrogen) atoms. The average molecular weight is 472 g/mol. The summed E-state index contributed by atoms with van der Waals surface area (Å²) < 4.78 is 3.18. The van der Waals surface area contributed by atoms with Crippen LogP contribution in [-0.2, 0) is 11.3 Å². The summed E-state index contributed by atoms with van der Waals surface area (Å²) in [7, 11) is 0. The van der Waals surface area contributed by atoms with Gasteiger partial charge in [-0.2, -0.15) is 10.3 Å². The Balaban J connectivity index is 1.96. The number of aromatic nitrogens is 3. The summed E-state index contributed by atoms with van der Waals surface area (Å²) in [5, 5.41) is 10.7. The summed E-state index contributed by atoms with van der Waals surface area (Å²) in [6.45, 7) is 4.38. The van der Waals surface area contributed by atoms with Gasteiger partial charge in [-0.1, -0.05) is 43.1 Å². The fraction of sp³-hybridized carbons (Fsp3) is 0.192. The lowest BCUT2D eigenvalue weighted by Gasteiger charge is -2.13. The first-order valence-corrected chi connectivity index (χ1v) is 11.3. The van der Waals surface area contributed by atoms with Crippen LogP contribution >= 0.6 is 11.6 Å². The molecule has 0 saturated heterocycles. The van der Waals surface area contributed by atoms with Gasteiger partial charge in [0.2, 0.25) is 0 Å². The molecule has 0 radical (unpaired) electrons. The number of rotatable bonds is 5. The van der Waals surface area contributed by atoms with Crippen LogP contribution in [0.2, 0.25) is 5.02 Å². The highest BCUT2D eigenvalue weighted by molar-refractivity contribution is 6.30. The number of carbonyl (C=O) groups excluding carboxylic acids is 1. The van der Waals surface area contributed by atoms with E-state index in [1.165, 1.54) is 16.5 Å². The van der Waals surface area contributed by atoms with Crippen LogP contribution in [-0.4, -0.2) is 19.9 Å². The molecule has 1 amide bonds. The highest BCUT2D eigenvalue weighted by Gasteiger charge is 2.15. The number of amides is 1. The molecule has 1 aromatic carbocycles. The molecule has 4 aromatic rings. The third-order valence-corrected chi connectivity index (χ3v) is 5.72. The molecule has 170 valence electrons. The van der Waals surface area contributed by atoms with E-state index in [1.54, 1.807) is 47.2 Å². The number of pyridine rings is 2. The van der Waals surface area contributed by atoms with Gasteiger partial charge in [0.05, 0.1) is 10.9 Å². The monoisotopic (exact) mass is 471 g/mol. The van der Waals surface area contributed by atoms with Crippen LogP contribution in [0.4, 0.5) is 0 Å². The van der Waals surface area contributed by atoms with Crippen molar-refractivity contribution in [2.75, 3.05) is 0 Å². The molecule has 0 saturated carbocycles. The van der Waals surface area contributed by atoms with Gasteiger partial charge in [-0.05, 0) is 54.8 Å². The van der Waals surface area contributed by atoms with Crippen LogP contribution in [0.25, 0.3) is 22.8 Å². The SMILES string of the molecule is CCCCn1c(=NC(=O)/C=C/c2ccc(Cl)cc2)c(C#N)cc2c(=O)n3cccc(C)c3nc21. The fourth-order valence-corrected chi connectivity index (χ4v) is 3.83. The number of aryl methyl sites for hydroxylation is 2. The molecule has 0 bridgehead atoms. The maximum atomic E-state index is 13.2. The fourth-order valence-electron chi connectivity index (χ4n) is 3.70. The van der Waals surface area contributed by atoms with E-state index >= 15 is 0 Å². The second kappa shape index (κ2) is 9.86. The Morgan fingerprint density at radius 3 is 2.71 bits per heavy atom. The minimum Gasteiger partial charge on any atom is -0.309 e. The number of hydrogen-bond acceptors (Lipinski definition) is 4. The molecule has 3 aromatic heterocycles. The number of nitriles is 1. The number of unbranched alkanes of at least 4 members (excludes halogenated alkanes) is 1. The van der Waals surface area contributed by atoms with Crippen molar-refractivity contribution < 1.29 is 4.79 Å². The van der Waals surface area contributed by atoms with Crippen LogP contribution in [0.1, 0.15) is 36.5 Å². The molecule has 0 aliphatic heterocycles. The normalized spacial score (nSPS) is 12.0. The quantitative estimate of drug-likeness (QED) is 0.318. The molecular formula is C26H22ClN5O2. The van der Waals surface area contributed by atoms with Gasteiger partial charge in [-0.15, -0.1) is 0 Å². The second-order valence-electron chi connectivity index (χ2n) is 7.87. The average Bonchev–Trinajstić information content (AvgIpc) is 2.83. The Kier molecular flexibility index (Phi) is 6.71. The molecule has 4 rings (SSSR count). The molecular weight excluding hydrogens is 450 g/mol. The van der Waals surface area contributed by atoms with Gasteiger partial charge < -0.3 is 4.57 Å². The minimum atomic E-state index is -0.523. The third-order valence-electron chi connectivity index (χ3n) is 5.47. The summed E-state index contributed by atoms with van der Waals surface area (Å²) in [4.78, 5) is 34.9. The van der Waals surface area contributed by atoms with E-state index in [4.69, 9.17) is 16.6 Å². The maximum Gasteiger partial charge on any atom is 0.271 e. The van der Waals surface area contributed by atoms with Gasteiger partial charge >= 0.3 is 0 Å². The van der Waals surface area contributed by atoms with Crippen LogP contribution < -0.4 is 11.0 Å². The Bertz CT molecular complexity index is 1610. The van der Waals surface area contributed by atoms with Gasteiger partial charge in [0, 0.05) is 23.8 Å². The maximum absolute atomic E-state index is 13.2. The van der Waals surface area contributed by atoms with Gasteiger partial charge in [-0.3, -0.25) is 14.0 Å². The van der Waals surface area contributed by atoms with E-state index in [9.17, 15) is 14.9 Å². The van der Waals surface area contributed by atoms with E-state index in [2.05, 4.69) is 11.1 Å². The topological polar surface area (TPSA) is 92.5 Å². The first kappa shape index (κ1) is 23.1. The molecule has 0 spiro atoms. The Labute approximate surface area is 200 Å². The largest absolute Gasteiger partial charge is 0.309 e. The molecule has 0 aliphatic carbocycles. The molecule has 7 nitrogen and oxygen atoms in total. The number of fused-ring (bicyclic) bond motifs is 2. The number of hydrogen-bond donors (Lipinski definition) is 0. The number of benzene rings is 1. The van der Waals surface area contributed by atoms with Crippen molar-refractivity contribution in [1.82, 2.24) is 14.0 Å². The first-order chi connectivity index (χ1) is 16.4. The predicted molar refractivity (Wildman–Crippen MR) is 132 cm³/mol. The summed E-state index contributed by atoms with van der Waals surface area (Å²) in [6, 6.07) is 14.3. The van der Waals surface area contributed by atoms with Crippen molar-refractivity contribution in [3.8, 4) is 6.07 Å². The molecule has 3 heterocycles. The molecule has 0 aliphatic rings. The van der Waals surface area contributed by atoms with E-state index in [-0.39, 0.29) is 16.6 Å². The van der Waals surface area contributed by atoms with Gasteiger partial charge in [-0.25, -0.2) is 4.98 Å². The standard InChI is InChI=1S/C26H22ClN5O2/c1-3-4-13-31-24(29-22(33)12-9-18-7-10-20(27)11-8-18)19(16-28)15-21-25(31)30-23-17(2)6-5-14-32(23)26(21)34/h5-12,14-15H,3-4,13H2,1-2H3/b12-9+,29-24?. The third kappa shape index (κ3) is 4.54. The van der Waals surface area contributed by atoms with Crippen molar-refractivity contribution in [2.45, 2.75) is 33.2 Å². The number of halogens is 1. The van der Waals surface area contributed by atoms with Crippen molar-refractivity contribution >= 4 is 40.3 Å². The van der Waals surface area contributed by atoms with Gasteiger partial charge in [0.1, 0.15) is 17.4 Å². The summed E-state index contributed by atoms with van der Waals surface area (Å²) >= 11 is 5.91. The van der Waals surface area contributed by atoms with Gasteiger partial charge in [0.25, 0.3) is 11.5 Å². The Hall–Kier alpha value is -4.02.